The molecule has 0 radical (unpaired) electrons. The quantitative estimate of drug-likeness (QED) is 0.855. The van der Waals surface area contributed by atoms with Gasteiger partial charge in [-0.05, 0) is 24.6 Å². The molecule has 0 aromatic heterocycles. The summed E-state index contributed by atoms with van der Waals surface area (Å²) < 4.78 is 5.09. The van der Waals surface area contributed by atoms with Crippen LogP contribution < -0.4 is 10.2 Å². The molecule has 0 unspecified atom stereocenters. The third-order valence-corrected chi connectivity index (χ3v) is 3.84. The number of ether oxygens (including phenoxy) is 1. The van der Waals surface area contributed by atoms with Crippen LogP contribution in [0.1, 0.15) is 16.8 Å². The Morgan fingerprint density at radius 2 is 2.29 bits per heavy atom. The highest BCUT2D eigenvalue weighted by atomic mass is 16.5. The van der Waals surface area contributed by atoms with E-state index in [2.05, 4.69) is 10.2 Å². The highest BCUT2D eigenvalue weighted by Crippen LogP contribution is 2.14. The summed E-state index contributed by atoms with van der Waals surface area (Å²) in [7, 11) is 5.66. The zero-order valence-corrected chi connectivity index (χ0v) is 13.1. The zero-order valence-electron chi connectivity index (χ0n) is 13.1. The highest BCUT2D eigenvalue weighted by molar-refractivity contribution is 5.95. The Balaban J connectivity index is 1.89. The number of nitrogens with zero attached hydrogens (tertiary/aromatic N) is 2. The third kappa shape index (κ3) is 4.44. The van der Waals surface area contributed by atoms with Crippen LogP contribution in [0.5, 0.6) is 0 Å². The van der Waals surface area contributed by atoms with Gasteiger partial charge in [0.05, 0.1) is 6.61 Å². The monoisotopic (exact) mass is 291 g/mol. The van der Waals surface area contributed by atoms with E-state index in [1.807, 2.05) is 43.3 Å². The number of anilines is 1. The van der Waals surface area contributed by atoms with Gasteiger partial charge in [-0.3, -0.25) is 9.69 Å². The van der Waals surface area contributed by atoms with Gasteiger partial charge in [0.15, 0.2) is 0 Å². The van der Waals surface area contributed by atoms with E-state index in [4.69, 9.17) is 4.74 Å². The lowest BCUT2D eigenvalue weighted by Gasteiger charge is -2.17. The minimum atomic E-state index is 0.0114. The van der Waals surface area contributed by atoms with Crippen molar-refractivity contribution >= 4 is 11.6 Å². The molecule has 1 heterocycles. The molecule has 1 aromatic carbocycles. The van der Waals surface area contributed by atoms with E-state index >= 15 is 0 Å². The Labute approximate surface area is 126 Å². The van der Waals surface area contributed by atoms with Crippen molar-refractivity contribution in [1.82, 2.24) is 10.2 Å². The first-order chi connectivity index (χ1) is 10.1. The largest absolute Gasteiger partial charge is 0.383 e. The van der Waals surface area contributed by atoms with Gasteiger partial charge in [-0.15, -0.1) is 0 Å². The Hall–Kier alpha value is -1.59. The molecule has 1 aromatic rings. The second-order valence-corrected chi connectivity index (χ2v) is 5.70. The molecule has 1 N–H and O–H groups in total. The maximum Gasteiger partial charge on any atom is 0.251 e. The third-order valence-electron chi connectivity index (χ3n) is 3.84. The number of hydrogen-bond donors (Lipinski definition) is 1. The van der Waals surface area contributed by atoms with Crippen LogP contribution in [0.2, 0.25) is 0 Å². The molecule has 5 heteroatoms. The lowest BCUT2D eigenvalue weighted by Crippen LogP contribution is -2.37. The number of carbonyl (C=O) groups is 1. The van der Waals surface area contributed by atoms with E-state index in [1.165, 1.54) is 0 Å². The molecule has 0 saturated carbocycles. The molecule has 116 valence electrons. The number of hydrogen-bond acceptors (Lipinski definition) is 4. The first kappa shape index (κ1) is 15.8. The van der Waals surface area contributed by atoms with Gasteiger partial charge in [0.25, 0.3) is 5.91 Å². The first-order valence-electron chi connectivity index (χ1n) is 7.39. The molecule has 0 aliphatic carbocycles. The molecule has 21 heavy (non-hydrogen) atoms. The molecule has 1 aliphatic heterocycles. The Morgan fingerprint density at radius 1 is 1.48 bits per heavy atom. The van der Waals surface area contributed by atoms with Crippen molar-refractivity contribution in [1.29, 1.82) is 0 Å². The summed E-state index contributed by atoms with van der Waals surface area (Å²) in [5, 5.41) is 3.13. The Morgan fingerprint density at radius 3 is 3.00 bits per heavy atom. The summed E-state index contributed by atoms with van der Waals surface area (Å²) in [6.45, 7) is 3.60. The van der Waals surface area contributed by atoms with Gasteiger partial charge >= 0.3 is 0 Å². The molecule has 5 nitrogen and oxygen atoms in total. The lowest BCUT2D eigenvalue weighted by atomic mass is 10.1. The highest BCUT2D eigenvalue weighted by Gasteiger charge is 2.23. The van der Waals surface area contributed by atoms with Crippen molar-refractivity contribution in [3.8, 4) is 0 Å². The summed E-state index contributed by atoms with van der Waals surface area (Å²) in [5.41, 5.74) is 1.76. The fourth-order valence-electron chi connectivity index (χ4n) is 2.57. The predicted molar refractivity (Wildman–Crippen MR) is 85.0 cm³/mol. The zero-order chi connectivity index (χ0) is 15.2. The van der Waals surface area contributed by atoms with Crippen LogP contribution in [-0.4, -0.2) is 64.3 Å². The predicted octanol–water partition coefficient (Wildman–Crippen LogP) is 1.20. The summed E-state index contributed by atoms with van der Waals surface area (Å²) in [6, 6.07) is 7.94. The van der Waals surface area contributed by atoms with Crippen LogP contribution in [0.25, 0.3) is 0 Å². The molecular formula is C16H25N3O2. The molecule has 1 atom stereocenters. The summed E-state index contributed by atoms with van der Waals surface area (Å²) in [4.78, 5) is 16.6. The molecular weight excluding hydrogens is 266 g/mol. The van der Waals surface area contributed by atoms with Crippen LogP contribution in [0.4, 0.5) is 5.69 Å². The second kappa shape index (κ2) is 7.43. The van der Waals surface area contributed by atoms with Crippen LogP contribution in [0.3, 0.4) is 0 Å². The summed E-state index contributed by atoms with van der Waals surface area (Å²) in [6.07, 6.45) is 1.00. The average Bonchev–Trinajstić information content (AvgIpc) is 2.92. The van der Waals surface area contributed by atoms with E-state index in [1.54, 1.807) is 7.11 Å². The minimum Gasteiger partial charge on any atom is -0.383 e. The van der Waals surface area contributed by atoms with Crippen LogP contribution >= 0.6 is 0 Å². The number of likely N-dealkylation sites (tertiary alicyclic amines) is 1. The molecule has 1 saturated heterocycles. The first-order valence-corrected chi connectivity index (χ1v) is 7.39. The maximum atomic E-state index is 12.3. The van der Waals surface area contributed by atoms with Gasteiger partial charge in [0, 0.05) is 58.1 Å². The van der Waals surface area contributed by atoms with Crippen molar-refractivity contribution in [3.05, 3.63) is 29.8 Å². The van der Waals surface area contributed by atoms with E-state index < -0.39 is 0 Å². The van der Waals surface area contributed by atoms with Gasteiger partial charge < -0.3 is 15.0 Å². The number of nitrogens with one attached hydrogen (secondary N) is 1. The summed E-state index contributed by atoms with van der Waals surface area (Å²) >= 11 is 0. The second-order valence-electron chi connectivity index (χ2n) is 5.70. The molecule has 1 amide bonds. The van der Waals surface area contributed by atoms with Gasteiger partial charge in [0.1, 0.15) is 0 Å². The average molecular weight is 291 g/mol. The fraction of sp³-hybridized carbons (Fsp3) is 0.562. The Kier molecular flexibility index (Phi) is 5.59. The van der Waals surface area contributed by atoms with Gasteiger partial charge in [-0.25, -0.2) is 0 Å². The smallest absolute Gasteiger partial charge is 0.251 e. The van der Waals surface area contributed by atoms with Crippen LogP contribution in [-0.2, 0) is 4.74 Å². The number of amides is 1. The normalized spacial score (nSPS) is 18.7. The van der Waals surface area contributed by atoms with E-state index in [0.717, 1.165) is 43.9 Å². The van der Waals surface area contributed by atoms with E-state index in [9.17, 15) is 4.79 Å². The topological polar surface area (TPSA) is 44.8 Å². The van der Waals surface area contributed by atoms with Crippen molar-refractivity contribution < 1.29 is 9.53 Å². The molecule has 2 rings (SSSR count). The molecule has 0 spiro atoms. The van der Waals surface area contributed by atoms with E-state index in [0.29, 0.717) is 0 Å². The molecule has 0 bridgehead atoms. The molecule has 1 aliphatic rings. The standard InChI is InChI=1S/C16H25N3O2/c1-18(2)15-6-4-5-13(11-15)16(20)17-14-7-8-19(12-14)9-10-21-3/h4-6,11,14H,7-10,12H2,1-3H3,(H,17,20)/t14-/m1/s1. The Bertz CT molecular complexity index is 476. The van der Waals surface area contributed by atoms with Gasteiger partial charge in [0.2, 0.25) is 0 Å². The lowest BCUT2D eigenvalue weighted by molar-refractivity contribution is 0.0936. The van der Waals surface area contributed by atoms with Crippen LogP contribution in [0.15, 0.2) is 24.3 Å². The number of carbonyl (C=O) groups excluding carboxylic acids is 1. The van der Waals surface area contributed by atoms with Crippen molar-refractivity contribution in [2.45, 2.75) is 12.5 Å². The molecule has 1 fully saturated rings. The van der Waals surface area contributed by atoms with Crippen molar-refractivity contribution in [3.63, 3.8) is 0 Å². The SMILES string of the molecule is COCCN1CC[C@@H](NC(=O)c2cccc(N(C)C)c2)C1. The van der Waals surface area contributed by atoms with Gasteiger partial charge in [-0.2, -0.15) is 0 Å². The fourth-order valence-corrected chi connectivity index (χ4v) is 2.57. The number of benzene rings is 1. The van der Waals surface area contributed by atoms with Crippen molar-refractivity contribution in [2.75, 3.05) is 52.3 Å². The number of rotatable bonds is 6. The van der Waals surface area contributed by atoms with Crippen molar-refractivity contribution in [2.24, 2.45) is 0 Å². The van der Waals surface area contributed by atoms with Gasteiger partial charge in [-0.1, -0.05) is 6.07 Å². The number of methoxy groups -OCH3 is 1. The van der Waals surface area contributed by atoms with Crippen LogP contribution in [0, 0.1) is 0 Å². The van der Waals surface area contributed by atoms with E-state index in [-0.39, 0.29) is 11.9 Å². The summed E-state index contributed by atoms with van der Waals surface area (Å²) in [5.74, 6) is 0.0114. The maximum absolute atomic E-state index is 12.3. The minimum absolute atomic E-state index is 0.0114.